The van der Waals surface area contributed by atoms with E-state index in [1.54, 1.807) is 56.7 Å². The molecule has 0 saturated heterocycles. The van der Waals surface area contributed by atoms with Gasteiger partial charge in [0.2, 0.25) is 0 Å². The van der Waals surface area contributed by atoms with Crippen molar-refractivity contribution >= 4 is 33.2 Å². The van der Waals surface area contributed by atoms with E-state index >= 15 is 0 Å². The Labute approximate surface area is 181 Å². The monoisotopic (exact) mass is 443 g/mol. The van der Waals surface area contributed by atoms with Crippen molar-refractivity contribution in [2.45, 2.75) is 18.4 Å². The summed E-state index contributed by atoms with van der Waals surface area (Å²) < 4.78 is 27.8. The van der Waals surface area contributed by atoms with Gasteiger partial charge in [0, 0.05) is 32.5 Å². The first kappa shape index (κ1) is 21.8. The molecule has 1 heterocycles. The van der Waals surface area contributed by atoms with E-state index in [9.17, 15) is 13.2 Å². The molecule has 0 aliphatic carbocycles. The number of anilines is 1. The van der Waals surface area contributed by atoms with Gasteiger partial charge in [-0.05, 0) is 48.9 Å². The van der Waals surface area contributed by atoms with E-state index in [1.807, 2.05) is 12.1 Å². The molecule has 156 valence electrons. The zero-order valence-electron chi connectivity index (χ0n) is 16.7. The molecule has 3 rings (SSSR count). The maximum absolute atomic E-state index is 13.3. The second-order valence-electron chi connectivity index (χ2n) is 6.67. The Hall–Kier alpha value is -2.90. The summed E-state index contributed by atoms with van der Waals surface area (Å²) in [5, 5.41) is 0.194. The van der Waals surface area contributed by atoms with Gasteiger partial charge in [0.25, 0.3) is 15.9 Å². The number of benzene rings is 2. The van der Waals surface area contributed by atoms with Crippen LogP contribution in [0.5, 0.6) is 0 Å². The molecule has 0 aliphatic rings. The van der Waals surface area contributed by atoms with Crippen LogP contribution in [0.2, 0.25) is 5.02 Å². The molecule has 0 saturated carbocycles. The number of halogens is 1. The van der Waals surface area contributed by atoms with Crippen LogP contribution < -0.4 is 4.31 Å². The number of para-hydroxylation sites is 1. The lowest BCUT2D eigenvalue weighted by Gasteiger charge is -2.24. The molecular weight excluding hydrogens is 422 g/mol. The van der Waals surface area contributed by atoms with E-state index < -0.39 is 10.0 Å². The lowest BCUT2D eigenvalue weighted by atomic mass is 10.2. The highest BCUT2D eigenvalue weighted by Gasteiger charge is 2.26. The van der Waals surface area contributed by atoms with Gasteiger partial charge in [-0.2, -0.15) is 0 Å². The molecule has 0 radical (unpaired) electrons. The van der Waals surface area contributed by atoms with Gasteiger partial charge in [-0.25, -0.2) is 8.42 Å². The third kappa shape index (κ3) is 4.63. The van der Waals surface area contributed by atoms with Crippen LogP contribution in [0.25, 0.3) is 0 Å². The van der Waals surface area contributed by atoms with Crippen LogP contribution >= 0.6 is 11.6 Å². The van der Waals surface area contributed by atoms with Crippen LogP contribution in [0.4, 0.5) is 5.69 Å². The number of sulfonamides is 1. The maximum Gasteiger partial charge on any atom is 0.264 e. The van der Waals surface area contributed by atoms with E-state index in [-0.39, 0.29) is 27.9 Å². The standard InChI is InChI=1S/C22H22ClN3O3S/c1-3-26(18-9-5-4-6-10-18)30(28,29)19-11-12-21(23)20(14-19)22(27)25(2)16-17-8-7-13-24-15-17/h4-15H,3,16H2,1-2H3. The predicted octanol–water partition coefficient (Wildman–Crippen LogP) is 4.22. The first-order valence-electron chi connectivity index (χ1n) is 9.36. The van der Waals surface area contributed by atoms with E-state index in [4.69, 9.17) is 11.6 Å². The second kappa shape index (κ2) is 9.28. The SMILES string of the molecule is CCN(c1ccccc1)S(=O)(=O)c1ccc(Cl)c(C(=O)N(C)Cc2cccnc2)c1. The Morgan fingerprint density at radius 2 is 1.80 bits per heavy atom. The molecule has 0 unspecified atom stereocenters. The third-order valence-electron chi connectivity index (χ3n) is 4.58. The normalized spacial score (nSPS) is 11.2. The van der Waals surface area contributed by atoms with E-state index in [0.29, 0.717) is 12.2 Å². The average Bonchev–Trinajstić information content (AvgIpc) is 2.75. The molecule has 1 amide bonds. The van der Waals surface area contributed by atoms with Crippen LogP contribution in [0.1, 0.15) is 22.8 Å². The summed E-state index contributed by atoms with van der Waals surface area (Å²) >= 11 is 6.25. The predicted molar refractivity (Wildman–Crippen MR) is 118 cm³/mol. The molecule has 0 bridgehead atoms. The van der Waals surface area contributed by atoms with Gasteiger partial charge in [-0.15, -0.1) is 0 Å². The molecule has 8 heteroatoms. The highest BCUT2D eigenvalue weighted by Crippen LogP contribution is 2.27. The quantitative estimate of drug-likeness (QED) is 0.548. The van der Waals surface area contributed by atoms with Crippen LogP contribution in [0.15, 0.2) is 78.0 Å². The minimum Gasteiger partial charge on any atom is -0.337 e. The van der Waals surface area contributed by atoms with E-state index in [2.05, 4.69) is 4.98 Å². The molecule has 0 atom stereocenters. The zero-order valence-corrected chi connectivity index (χ0v) is 18.3. The Morgan fingerprint density at radius 1 is 1.07 bits per heavy atom. The summed E-state index contributed by atoms with van der Waals surface area (Å²) in [6, 6.07) is 16.7. The largest absolute Gasteiger partial charge is 0.337 e. The van der Waals surface area contributed by atoms with Gasteiger partial charge in [0.1, 0.15) is 0 Å². The first-order chi connectivity index (χ1) is 14.3. The Kier molecular flexibility index (Phi) is 6.74. The summed E-state index contributed by atoms with van der Waals surface area (Å²) in [5.41, 5.74) is 1.54. The van der Waals surface area contributed by atoms with Crippen LogP contribution in [0, 0.1) is 0 Å². The third-order valence-corrected chi connectivity index (χ3v) is 6.81. The Balaban J connectivity index is 1.93. The highest BCUT2D eigenvalue weighted by molar-refractivity contribution is 7.92. The maximum atomic E-state index is 13.3. The fourth-order valence-corrected chi connectivity index (χ4v) is 4.78. The van der Waals surface area contributed by atoms with Crippen molar-refractivity contribution < 1.29 is 13.2 Å². The molecule has 30 heavy (non-hydrogen) atoms. The van der Waals surface area contributed by atoms with Gasteiger partial charge < -0.3 is 4.90 Å². The molecule has 0 spiro atoms. The van der Waals surface area contributed by atoms with Crippen molar-refractivity contribution in [3.63, 3.8) is 0 Å². The summed E-state index contributed by atoms with van der Waals surface area (Å²) in [4.78, 5) is 18.5. The summed E-state index contributed by atoms with van der Waals surface area (Å²) in [7, 11) is -2.23. The number of pyridine rings is 1. The minimum absolute atomic E-state index is 0.00994. The van der Waals surface area contributed by atoms with Crippen LogP contribution in [-0.4, -0.2) is 37.8 Å². The van der Waals surface area contributed by atoms with Crippen molar-refractivity contribution in [2.75, 3.05) is 17.9 Å². The molecule has 3 aromatic rings. The fraction of sp³-hybridized carbons (Fsp3) is 0.182. The summed E-state index contributed by atoms with van der Waals surface area (Å²) in [6.45, 7) is 2.33. The summed E-state index contributed by atoms with van der Waals surface area (Å²) in [5.74, 6) is -0.372. The fourth-order valence-electron chi connectivity index (χ4n) is 3.08. The lowest BCUT2D eigenvalue weighted by molar-refractivity contribution is 0.0785. The number of carbonyl (C=O) groups excluding carboxylic acids is 1. The topological polar surface area (TPSA) is 70.6 Å². The van der Waals surface area contributed by atoms with Gasteiger partial charge in [-0.1, -0.05) is 35.9 Å². The number of amides is 1. The van der Waals surface area contributed by atoms with Crippen LogP contribution in [0.3, 0.4) is 0 Å². The minimum atomic E-state index is -3.87. The second-order valence-corrected chi connectivity index (χ2v) is 8.94. The Bertz CT molecular complexity index is 1120. The average molecular weight is 444 g/mol. The first-order valence-corrected chi connectivity index (χ1v) is 11.2. The van der Waals surface area contributed by atoms with Crippen molar-refractivity contribution in [3.05, 3.63) is 89.2 Å². The number of hydrogen-bond acceptors (Lipinski definition) is 4. The van der Waals surface area contributed by atoms with Crippen molar-refractivity contribution in [1.29, 1.82) is 0 Å². The van der Waals surface area contributed by atoms with Crippen LogP contribution in [-0.2, 0) is 16.6 Å². The Morgan fingerprint density at radius 3 is 2.43 bits per heavy atom. The number of rotatable bonds is 7. The molecule has 2 aromatic carbocycles. The molecule has 0 aliphatic heterocycles. The van der Waals surface area contributed by atoms with Gasteiger partial charge in [-0.3, -0.25) is 14.1 Å². The zero-order chi connectivity index (χ0) is 21.7. The highest BCUT2D eigenvalue weighted by atomic mass is 35.5. The number of carbonyl (C=O) groups is 1. The summed E-state index contributed by atoms with van der Waals surface area (Å²) in [6.07, 6.45) is 3.33. The number of hydrogen-bond donors (Lipinski definition) is 0. The van der Waals surface area contributed by atoms with Gasteiger partial charge in [0.15, 0.2) is 0 Å². The van der Waals surface area contributed by atoms with Gasteiger partial charge in [0.05, 0.1) is 21.2 Å². The molecule has 6 nitrogen and oxygen atoms in total. The molecular formula is C22H22ClN3O3S. The number of aromatic nitrogens is 1. The lowest BCUT2D eigenvalue weighted by Crippen LogP contribution is -2.31. The van der Waals surface area contributed by atoms with Crippen molar-refractivity contribution in [1.82, 2.24) is 9.88 Å². The molecule has 0 N–H and O–H groups in total. The van der Waals surface area contributed by atoms with Gasteiger partial charge >= 0.3 is 0 Å². The molecule has 0 fully saturated rings. The van der Waals surface area contributed by atoms with E-state index in [1.165, 1.54) is 27.4 Å². The molecule has 1 aromatic heterocycles. The van der Waals surface area contributed by atoms with E-state index in [0.717, 1.165) is 5.56 Å². The van der Waals surface area contributed by atoms with Crippen molar-refractivity contribution in [2.24, 2.45) is 0 Å². The smallest absolute Gasteiger partial charge is 0.264 e. The number of nitrogens with zero attached hydrogens (tertiary/aromatic N) is 3. The van der Waals surface area contributed by atoms with Crippen molar-refractivity contribution in [3.8, 4) is 0 Å².